The summed E-state index contributed by atoms with van der Waals surface area (Å²) in [6.45, 7) is 0.745. The van der Waals surface area contributed by atoms with Crippen LogP contribution in [0, 0.1) is 10.1 Å². The number of rotatable bonds is 6. The highest BCUT2D eigenvalue weighted by Crippen LogP contribution is 2.34. The Bertz CT molecular complexity index is 584. The van der Waals surface area contributed by atoms with Crippen molar-refractivity contribution in [1.29, 1.82) is 0 Å². The summed E-state index contributed by atoms with van der Waals surface area (Å²) in [6, 6.07) is 9.43. The van der Waals surface area contributed by atoms with Gasteiger partial charge in [-0.2, -0.15) is 0 Å². The highest BCUT2D eigenvalue weighted by Gasteiger charge is 2.21. The lowest BCUT2D eigenvalue weighted by molar-refractivity contribution is -0.383. The molecule has 106 valence electrons. The molecule has 1 aromatic carbocycles. The minimum absolute atomic E-state index is 0.128. The first kappa shape index (κ1) is 14.3. The van der Waals surface area contributed by atoms with Crippen LogP contribution in [0.2, 0.25) is 0 Å². The Hall–Kier alpha value is -2.08. The second-order valence-corrected chi connectivity index (χ2v) is 5.46. The maximum atomic E-state index is 11.3. The smallest absolute Gasteiger partial charge is 0.315 e. The SMILES string of the molecule is CNc1cccc(N(C)CCc2cccs2)c1[N+](=O)[O-]. The average molecular weight is 291 g/mol. The molecule has 0 radical (unpaired) electrons. The molecular formula is C14H17N3O2S. The van der Waals surface area contributed by atoms with E-state index in [0.717, 1.165) is 13.0 Å². The minimum Gasteiger partial charge on any atom is -0.382 e. The highest BCUT2D eigenvalue weighted by molar-refractivity contribution is 7.09. The summed E-state index contributed by atoms with van der Waals surface area (Å²) in [6.07, 6.45) is 0.884. The van der Waals surface area contributed by atoms with E-state index in [2.05, 4.69) is 11.4 Å². The molecule has 1 heterocycles. The van der Waals surface area contributed by atoms with E-state index in [1.54, 1.807) is 30.5 Å². The topological polar surface area (TPSA) is 58.4 Å². The van der Waals surface area contributed by atoms with E-state index in [-0.39, 0.29) is 10.6 Å². The van der Waals surface area contributed by atoms with Crippen LogP contribution >= 0.6 is 11.3 Å². The Kier molecular flexibility index (Phi) is 4.57. The monoisotopic (exact) mass is 291 g/mol. The molecule has 0 atom stereocenters. The van der Waals surface area contributed by atoms with E-state index in [9.17, 15) is 10.1 Å². The predicted molar refractivity (Wildman–Crippen MR) is 83.9 cm³/mol. The van der Waals surface area contributed by atoms with Crippen molar-refractivity contribution in [2.24, 2.45) is 0 Å². The number of benzene rings is 1. The van der Waals surface area contributed by atoms with Gasteiger partial charge < -0.3 is 10.2 Å². The largest absolute Gasteiger partial charge is 0.382 e. The second-order valence-electron chi connectivity index (χ2n) is 4.43. The van der Waals surface area contributed by atoms with Crippen LogP contribution in [0.1, 0.15) is 4.88 Å². The molecule has 2 aromatic rings. The van der Waals surface area contributed by atoms with Gasteiger partial charge in [0, 0.05) is 25.5 Å². The van der Waals surface area contributed by atoms with E-state index in [1.807, 2.05) is 29.5 Å². The Morgan fingerprint density at radius 2 is 2.15 bits per heavy atom. The number of hydrogen-bond donors (Lipinski definition) is 1. The number of likely N-dealkylation sites (N-methyl/N-ethyl adjacent to an activating group) is 1. The summed E-state index contributed by atoms with van der Waals surface area (Å²) in [5.41, 5.74) is 1.30. The molecule has 6 heteroatoms. The van der Waals surface area contributed by atoms with Gasteiger partial charge in [-0.15, -0.1) is 11.3 Å². The third-order valence-corrected chi connectivity index (χ3v) is 4.09. The summed E-state index contributed by atoms with van der Waals surface area (Å²) in [7, 11) is 3.58. The van der Waals surface area contributed by atoms with Crippen LogP contribution in [0.15, 0.2) is 35.7 Å². The molecule has 0 saturated heterocycles. The third-order valence-electron chi connectivity index (χ3n) is 3.15. The van der Waals surface area contributed by atoms with Crippen LogP contribution in [-0.2, 0) is 6.42 Å². The summed E-state index contributed by atoms with van der Waals surface area (Å²) in [5, 5.41) is 16.2. The molecule has 0 fully saturated rings. The molecule has 0 unspecified atom stereocenters. The number of anilines is 2. The second kappa shape index (κ2) is 6.38. The van der Waals surface area contributed by atoms with Crippen LogP contribution in [0.5, 0.6) is 0 Å². The lowest BCUT2D eigenvalue weighted by atomic mass is 10.2. The molecule has 0 amide bonds. The van der Waals surface area contributed by atoms with Crippen molar-refractivity contribution in [1.82, 2.24) is 0 Å². The van der Waals surface area contributed by atoms with Crippen molar-refractivity contribution < 1.29 is 4.92 Å². The third kappa shape index (κ3) is 3.08. The van der Waals surface area contributed by atoms with Crippen LogP contribution in [0.4, 0.5) is 17.1 Å². The molecule has 0 saturated carbocycles. The molecule has 0 bridgehead atoms. The first-order valence-electron chi connectivity index (χ1n) is 6.32. The van der Waals surface area contributed by atoms with Gasteiger partial charge in [0.2, 0.25) is 0 Å². The fraction of sp³-hybridized carbons (Fsp3) is 0.286. The normalized spacial score (nSPS) is 10.3. The van der Waals surface area contributed by atoms with Gasteiger partial charge in [-0.25, -0.2) is 0 Å². The van der Waals surface area contributed by atoms with E-state index < -0.39 is 0 Å². The van der Waals surface area contributed by atoms with Crippen LogP contribution < -0.4 is 10.2 Å². The number of nitro groups is 1. The lowest BCUT2D eigenvalue weighted by Gasteiger charge is -2.19. The average Bonchev–Trinajstić information content (AvgIpc) is 2.96. The number of thiophene rings is 1. The zero-order valence-electron chi connectivity index (χ0n) is 11.5. The van der Waals surface area contributed by atoms with Crippen molar-refractivity contribution in [2.75, 3.05) is 30.9 Å². The summed E-state index contributed by atoms with van der Waals surface area (Å²) >= 11 is 1.71. The Morgan fingerprint density at radius 1 is 1.35 bits per heavy atom. The first-order valence-corrected chi connectivity index (χ1v) is 7.20. The minimum atomic E-state index is -0.331. The summed E-state index contributed by atoms with van der Waals surface area (Å²) in [5.74, 6) is 0. The van der Waals surface area contributed by atoms with Crippen LogP contribution in [-0.4, -0.2) is 25.6 Å². The van der Waals surface area contributed by atoms with Gasteiger partial charge in [-0.1, -0.05) is 12.1 Å². The number of hydrogen-bond acceptors (Lipinski definition) is 5. The fourth-order valence-corrected chi connectivity index (χ4v) is 2.78. The summed E-state index contributed by atoms with van der Waals surface area (Å²) < 4.78 is 0. The quantitative estimate of drug-likeness (QED) is 0.655. The number of nitro benzene ring substituents is 1. The fourth-order valence-electron chi connectivity index (χ4n) is 2.09. The summed E-state index contributed by atoms with van der Waals surface area (Å²) in [4.78, 5) is 14.2. The van der Waals surface area contributed by atoms with Crippen molar-refractivity contribution in [3.05, 3.63) is 50.7 Å². The van der Waals surface area contributed by atoms with Gasteiger partial charge in [0.15, 0.2) is 0 Å². The molecule has 1 aromatic heterocycles. The molecule has 0 aliphatic rings. The van der Waals surface area contributed by atoms with Gasteiger partial charge >= 0.3 is 5.69 Å². The van der Waals surface area contributed by atoms with E-state index >= 15 is 0 Å². The molecule has 0 aliphatic heterocycles. The van der Waals surface area contributed by atoms with E-state index in [1.165, 1.54) is 4.88 Å². The standard InChI is InChI=1S/C14H17N3O2S/c1-15-12-6-3-7-13(14(12)17(18)19)16(2)9-8-11-5-4-10-20-11/h3-7,10,15H,8-9H2,1-2H3. The van der Waals surface area contributed by atoms with Crippen molar-refractivity contribution >= 4 is 28.4 Å². The Labute approximate surface area is 122 Å². The highest BCUT2D eigenvalue weighted by atomic mass is 32.1. The van der Waals surface area contributed by atoms with Crippen molar-refractivity contribution in [2.45, 2.75) is 6.42 Å². The predicted octanol–water partition coefficient (Wildman–Crippen LogP) is 3.38. The zero-order chi connectivity index (χ0) is 14.5. The molecule has 20 heavy (non-hydrogen) atoms. The first-order chi connectivity index (χ1) is 9.63. The van der Waals surface area contributed by atoms with Gasteiger partial charge in [0.1, 0.15) is 11.4 Å². The molecular weight excluding hydrogens is 274 g/mol. The zero-order valence-corrected chi connectivity index (χ0v) is 12.3. The Morgan fingerprint density at radius 3 is 2.75 bits per heavy atom. The number of nitrogens with one attached hydrogen (secondary N) is 1. The number of nitrogens with zero attached hydrogens (tertiary/aromatic N) is 2. The van der Waals surface area contributed by atoms with E-state index in [0.29, 0.717) is 11.4 Å². The molecule has 0 spiro atoms. The van der Waals surface area contributed by atoms with Crippen molar-refractivity contribution in [3.63, 3.8) is 0 Å². The van der Waals surface area contributed by atoms with Gasteiger partial charge in [0.05, 0.1) is 4.92 Å². The maximum Gasteiger partial charge on any atom is 0.315 e. The number of para-hydroxylation sites is 1. The van der Waals surface area contributed by atoms with Crippen molar-refractivity contribution in [3.8, 4) is 0 Å². The molecule has 1 N–H and O–H groups in total. The Balaban J connectivity index is 2.20. The van der Waals surface area contributed by atoms with E-state index in [4.69, 9.17) is 0 Å². The van der Waals surface area contributed by atoms with Gasteiger partial charge in [0.25, 0.3) is 0 Å². The van der Waals surface area contributed by atoms with Crippen LogP contribution in [0.25, 0.3) is 0 Å². The molecule has 2 rings (SSSR count). The van der Waals surface area contributed by atoms with Crippen LogP contribution in [0.3, 0.4) is 0 Å². The maximum absolute atomic E-state index is 11.3. The van der Waals surface area contributed by atoms with Gasteiger partial charge in [-0.3, -0.25) is 10.1 Å². The van der Waals surface area contributed by atoms with Gasteiger partial charge in [-0.05, 0) is 30.0 Å². The lowest BCUT2D eigenvalue weighted by Crippen LogP contribution is -2.21. The molecule has 5 nitrogen and oxygen atoms in total. The molecule has 0 aliphatic carbocycles.